The van der Waals surface area contributed by atoms with Crippen LogP contribution in [0.2, 0.25) is 0 Å². The van der Waals surface area contributed by atoms with E-state index in [-0.39, 0.29) is 10.8 Å². The molecule has 2 rings (SSSR count). The van der Waals surface area contributed by atoms with Gasteiger partial charge in [0.25, 0.3) is 0 Å². The topological polar surface area (TPSA) is 37.3 Å². The van der Waals surface area contributed by atoms with Gasteiger partial charge in [0, 0.05) is 11.8 Å². The summed E-state index contributed by atoms with van der Waals surface area (Å²) in [7, 11) is 0. The van der Waals surface area contributed by atoms with E-state index >= 15 is 0 Å². The summed E-state index contributed by atoms with van der Waals surface area (Å²) in [5.74, 6) is 1.19. The maximum Gasteiger partial charge on any atom is 0.139 e. The van der Waals surface area contributed by atoms with Crippen molar-refractivity contribution in [3.63, 3.8) is 0 Å². The molecule has 0 aromatic rings. The third-order valence-corrected chi connectivity index (χ3v) is 6.13. The third kappa shape index (κ3) is 3.90. The molecule has 0 heterocycles. The first-order valence-corrected chi connectivity index (χ1v) is 8.49. The van der Waals surface area contributed by atoms with E-state index in [0.717, 1.165) is 25.7 Å². The molecule has 2 saturated carbocycles. The molecule has 1 N–H and O–H groups in total. The smallest absolute Gasteiger partial charge is 0.139 e. The lowest BCUT2D eigenvalue weighted by Gasteiger charge is -2.32. The highest BCUT2D eigenvalue weighted by atomic mass is 16.3. The van der Waals surface area contributed by atoms with Crippen LogP contribution in [0.25, 0.3) is 0 Å². The van der Waals surface area contributed by atoms with Gasteiger partial charge in [0.15, 0.2) is 0 Å². The standard InChI is InChI=1S/C10H16O.C10H18O/c1-9(2)7-4-5-10(9,3)8(11)6-7;1-5-10(4,11)8-6-7-9(2)3/h7H,4-6H2,1-3H3;5,7,11H,1,6,8H2,2-4H3. The number of allylic oxidation sites excluding steroid dienone is 2. The van der Waals surface area contributed by atoms with Crippen LogP contribution in [0.4, 0.5) is 0 Å². The van der Waals surface area contributed by atoms with Crippen LogP contribution in [0.3, 0.4) is 0 Å². The molecule has 3 unspecified atom stereocenters. The van der Waals surface area contributed by atoms with Crippen LogP contribution in [-0.2, 0) is 4.79 Å². The average molecular weight is 306 g/mol. The quantitative estimate of drug-likeness (QED) is 0.736. The lowest BCUT2D eigenvalue weighted by Crippen LogP contribution is -2.32. The van der Waals surface area contributed by atoms with E-state index in [4.69, 9.17) is 0 Å². The Morgan fingerprint density at radius 3 is 2.27 bits per heavy atom. The van der Waals surface area contributed by atoms with Crippen LogP contribution in [0.15, 0.2) is 24.3 Å². The first-order valence-electron chi connectivity index (χ1n) is 8.49. The lowest BCUT2D eigenvalue weighted by atomic mass is 9.70. The number of fused-ring (bicyclic) bond motifs is 2. The average Bonchev–Trinajstić information content (AvgIpc) is 2.72. The summed E-state index contributed by atoms with van der Waals surface area (Å²) in [6.45, 7) is 16.1. The fraction of sp³-hybridized carbons (Fsp3) is 0.750. The predicted molar refractivity (Wildman–Crippen MR) is 93.7 cm³/mol. The van der Waals surface area contributed by atoms with Gasteiger partial charge < -0.3 is 5.11 Å². The molecule has 2 fully saturated rings. The van der Waals surface area contributed by atoms with Gasteiger partial charge >= 0.3 is 0 Å². The Morgan fingerprint density at radius 1 is 1.41 bits per heavy atom. The largest absolute Gasteiger partial charge is 0.386 e. The normalized spacial score (nSPS) is 31.0. The van der Waals surface area contributed by atoms with E-state index in [1.54, 1.807) is 13.0 Å². The van der Waals surface area contributed by atoms with Crippen LogP contribution in [-0.4, -0.2) is 16.5 Å². The van der Waals surface area contributed by atoms with Gasteiger partial charge in [-0.05, 0) is 57.8 Å². The van der Waals surface area contributed by atoms with Crippen molar-refractivity contribution in [2.45, 2.75) is 79.2 Å². The summed E-state index contributed by atoms with van der Waals surface area (Å²) in [6, 6.07) is 0. The maximum absolute atomic E-state index is 11.6. The molecule has 3 atom stereocenters. The molecule has 0 amide bonds. The van der Waals surface area contributed by atoms with Gasteiger partial charge in [0.2, 0.25) is 0 Å². The van der Waals surface area contributed by atoms with Gasteiger partial charge in [0.05, 0.1) is 5.60 Å². The van der Waals surface area contributed by atoms with Crippen molar-refractivity contribution >= 4 is 5.78 Å². The summed E-state index contributed by atoms with van der Waals surface area (Å²) in [4.78, 5) is 11.6. The fourth-order valence-corrected chi connectivity index (χ4v) is 3.66. The van der Waals surface area contributed by atoms with Gasteiger partial charge in [-0.25, -0.2) is 0 Å². The summed E-state index contributed by atoms with van der Waals surface area (Å²) in [5.41, 5.74) is 0.901. The Morgan fingerprint density at radius 2 is 2.00 bits per heavy atom. The number of carbonyl (C=O) groups is 1. The zero-order chi connectivity index (χ0) is 17.2. The first-order chi connectivity index (χ1) is 9.96. The molecule has 0 spiro atoms. The Bertz CT molecular complexity index is 452. The fourth-order valence-electron chi connectivity index (χ4n) is 3.66. The van der Waals surface area contributed by atoms with Crippen LogP contribution < -0.4 is 0 Å². The molecule has 2 aliphatic rings. The molecular weight excluding hydrogens is 272 g/mol. The number of carbonyl (C=O) groups excluding carboxylic acids is 1. The number of ketones is 1. The van der Waals surface area contributed by atoms with Gasteiger partial charge in [-0.2, -0.15) is 0 Å². The molecule has 126 valence electrons. The Kier molecular flexibility index (Phi) is 5.83. The van der Waals surface area contributed by atoms with E-state index in [9.17, 15) is 9.90 Å². The highest BCUT2D eigenvalue weighted by Crippen LogP contribution is 2.63. The van der Waals surface area contributed by atoms with Gasteiger partial charge in [-0.15, -0.1) is 6.58 Å². The highest BCUT2D eigenvalue weighted by molar-refractivity contribution is 5.89. The summed E-state index contributed by atoms with van der Waals surface area (Å²) in [5, 5.41) is 9.49. The van der Waals surface area contributed by atoms with Crippen molar-refractivity contribution in [1.29, 1.82) is 0 Å². The number of hydrogen-bond acceptors (Lipinski definition) is 2. The number of rotatable bonds is 4. The van der Waals surface area contributed by atoms with E-state index < -0.39 is 5.60 Å². The molecule has 22 heavy (non-hydrogen) atoms. The van der Waals surface area contributed by atoms with Crippen LogP contribution in [0.5, 0.6) is 0 Å². The van der Waals surface area contributed by atoms with Gasteiger partial charge in [-0.3, -0.25) is 4.79 Å². The van der Waals surface area contributed by atoms with Crippen molar-refractivity contribution in [3.8, 4) is 0 Å². The molecule has 2 heteroatoms. The second-order valence-corrected chi connectivity index (χ2v) is 8.30. The monoisotopic (exact) mass is 306 g/mol. The first kappa shape index (κ1) is 19.2. The van der Waals surface area contributed by atoms with Crippen molar-refractivity contribution in [2.75, 3.05) is 0 Å². The third-order valence-electron chi connectivity index (χ3n) is 6.13. The Hall–Kier alpha value is -0.890. The summed E-state index contributed by atoms with van der Waals surface area (Å²) < 4.78 is 0. The molecule has 0 aromatic heterocycles. The molecule has 0 aromatic carbocycles. The van der Waals surface area contributed by atoms with Gasteiger partial charge in [-0.1, -0.05) is 38.5 Å². The summed E-state index contributed by atoms with van der Waals surface area (Å²) >= 11 is 0. The van der Waals surface area contributed by atoms with E-state index in [1.165, 1.54) is 12.0 Å². The number of aliphatic hydroxyl groups is 1. The molecule has 0 aliphatic heterocycles. The molecule has 0 saturated heterocycles. The molecule has 2 nitrogen and oxygen atoms in total. The number of Topliss-reactive ketones (excluding diaryl/α,β-unsaturated/α-hetero) is 1. The minimum atomic E-state index is -0.702. The predicted octanol–water partition coefficient (Wildman–Crippen LogP) is 5.07. The van der Waals surface area contributed by atoms with Crippen LogP contribution in [0.1, 0.15) is 73.6 Å². The summed E-state index contributed by atoms with van der Waals surface area (Å²) in [6.07, 6.45) is 8.63. The minimum absolute atomic E-state index is 0.0255. The SMILES string of the molecule is C=CC(C)(O)CCC=C(C)C.CC12CCC(CC1=O)C2(C)C. The zero-order valence-corrected chi connectivity index (χ0v) is 15.3. The van der Waals surface area contributed by atoms with Crippen LogP contribution >= 0.6 is 0 Å². The zero-order valence-electron chi connectivity index (χ0n) is 15.3. The lowest BCUT2D eigenvalue weighted by molar-refractivity contribution is -0.128. The highest BCUT2D eigenvalue weighted by Gasteiger charge is 2.61. The Labute approximate surface area is 136 Å². The van der Waals surface area contributed by atoms with E-state index in [2.05, 4.69) is 47.3 Å². The minimum Gasteiger partial charge on any atom is -0.386 e. The van der Waals surface area contributed by atoms with Crippen molar-refractivity contribution in [2.24, 2.45) is 16.7 Å². The molecular formula is C20H34O2. The molecule has 2 bridgehead atoms. The maximum atomic E-state index is 11.6. The second kappa shape index (κ2) is 6.70. The van der Waals surface area contributed by atoms with Crippen molar-refractivity contribution in [1.82, 2.24) is 0 Å². The van der Waals surface area contributed by atoms with E-state index in [1.807, 2.05) is 0 Å². The van der Waals surface area contributed by atoms with Crippen LogP contribution in [0, 0.1) is 16.7 Å². The van der Waals surface area contributed by atoms with E-state index in [0.29, 0.717) is 11.7 Å². The molecule has 0 radical (unpaired) electrons. The number of hydrogen-bond donors (Lipinski definition) is 1. The van der Waals surface area contributed by atoms with Crippen molar-refractivity contribution < 1.29 is 9.90 Å². The van der Waals surface area contributed by atoms with Gasteiger partial charge in [0.1, 0.15) is 5.78 Å². The Balaban J connectivity index is 0.000000220. The van der Waals surface area contributed by atoms with Crippen molar-refractivity contribution in [3.05, 3.63) is 24.3 Å². The molecule has 2 aliphatic carbocycles. The second-order valence-electron chi connectivity index (χ2n) is 8.30.